The molecule has 0 aromatic heterocycles. The number of amides is 2. The first kappa shape index (κ1) is 21.7. The van der Waals surface area contributed by atoms with E-state index in [9.17, 15) is 14.0 Å². The summed E-state index contributed by atoms with van der Waals surface area (Å²) in [6, 6.07) is 18.7. The third kappa shape index (κ3) is 6.24. The molecule has 3 rings (SSSR count). The Morgan fingerprint density at radius 2 is 1.65 bits per heavy atom. The van der Waals surface area contributed by atoms with Crippen molar-refractivity contribution < 1.29 is 18.7 Å². The number of ether oxygens (including phenoxy) is 1. The number of para-hydroxylation sites is 1. The lowest BCUT2D eigenvalue weighted by molar-refractivity contribution is -0.136. The highest BCUT2D eigenvalue weighted by atomic mass is 19.1. The minimum absolute atomic E-state index is 0.288. The van der Waals surface area contributed by atoms with Gasteiger partial charge in [0.15, 0.2) is 0 Å². The summed E-state index contributed by atoms with van der Waals surface area (Å²) in [6.07, 6.45) is 1.41. The summed E-state index contributed by atoms with van der Waals surface area (Å²) < 4.78 is 18.7. The molecule has 0 atom stereocenters. The van der Waals surface area contributed by atoms with Crippen LogP contribution in [-0.4, -0.2) is 18.0 Å². The molecular formula is C24H22FN3O3. The summed E-state index contributed by atoms with van der Waals surface area (Å²) in [5, 5.41) is 6.44. The summed E-state index contributed by atoms with van der Waals surface area (Å²) >= 11 is 0. The maximum atomic E-state index is 13.0. The van der Waals surface area contributed by atoms with Crippen LogP contribution in [0.2, 0.25) is 0 Å². The van der Waals surface area contributed by atoms with Crippen LogP contribution in [-0.2, 0) is 16.2 Å². The fraction of sp³-hybridized carbons (Fsp3) is 0.125. The number of nitrogens with one attached hydrogen (secondary N) is 2. The lowest BCUT2D eigenvalue weighted by atomic mass is 10.1. The second-order valence-electron chi connectivity index (χ2n) is 6.91. The van der Waals surface area contributed by atoms with Gasteiger partial charge in [-0.1, -0.05) is 42.5 Å². The molecule has 0 aliphatic carbocycles. The van der Waals surface area contributed by atoms with Crippen LogP contribution >= 0.6 is 0 Å². The second kappa shape index (κ2) is 10.2. The predicted octanol–water partition coefficient (Wildman–Crippen LogP) is 4.11. The third-order valence-electron chi connectivity index (χ3n) is 4.48. The highest BCUT2D eigenvalue weighted by Crippen LogP contribution is 2.19. The summed E-state index contributed by atoms with van der Waals surface area (Å²) in [5.41, 5.74) is 6.06. The van der Waals surface area contributed by atoms with E-state index in [1.54, 1.807) is 36.4 Å². The van der Waals surface area contributed by atoms with Crippen molar-refractivity contribution in [2.24, 2.45) is 5.10 Å². The number of halogens is 1. The van der Waals surface area contributed by atoms with Gasteiger partial charge >= 0.3 is 11.8 Å². The van der Waals surface area contributed by atoms with Crippen LogP contribution in [0.25, 0.3) is 0 Å². The van der Waals surface area contributed by atoms with Gasteiger partial charge in [0.05, 0.1) is 6.21 Å². The molecule has 0 spiro atoms. The largest absolute Gasteiger partial charge is 0.489 e. The van der Waals surface area contributed by atoms with E-state index in [4.69, 9.17) is 4.74 Å². The van der Waals surface area contributed by atoms with E-state index >= 15 is 0 Å². The van der Waals surface area contributed by atoms with Gasteiger partial charge in [-0.2, -0.15) is 5.10 Å². The van der Waals surface area contributed by atoms with Gasteiger partial charge in [-0.05, 0) is 60.4 Å². The van der Waals surface area contributed by atoms with Crippen LogP contribution in [0.1, 0.15) is 22.3 Å². The summed E-state index contributed by atoms with van der Waals surface area (Å²) in [5.74, 6) is -1.38. The zero-order valence-electron chi connectivity index (χ0n) is 17.2. The van der Waals surface area contributed by atoms with E-state index in [0.717, 1.165) is 16.7 Å². The Balaban J connectivity index is 1.54. The highest BCUT2D eigenvalue weighted by molar-refractivity contribution is 6.39. The molecule has 7 heteroatoms. The molecule has 2 amide bonds. The number of hydrazone groups is 1. The molecule has 3 aromatic rings. The van der Waals surface area contributed by atoms with Crippen molar-refractivity contribution >= 4 is 23.7 Å². The Hall–Kier alpha value is -4.00. The summed E-state index contributed by atoms with van der Waals surface area (Å²) in [4.78, 5) is 24.1. The molecule has 2 N–H and O–H groups in total. The highest BCUT2D eigenvalue weighted by Gasteiger charge is 2.15. The van der Waals surface area contributed by atoms with Crippen molar-refractivity contribution in [1.82, 2.24) is 5.43 Å². The van der Waals surface area contributed by atoms with Crippen molar-refractivity contribution in [2.45, 2.75) is 20.5 Å². The lowest BCUT2D eigenvalue weighted by Crippen LogP contribution is -2.32. The Kier molecular flexibility index (Phi) is 7.11. The number of rotatable bonds is 6. The fourth-order valence-corrected chi connectivity index (χ4v) is 2.83. The fourth-order valence-electron chi connectivity index (χ4n) is 2.83. The molecule has 0 saturated heterocycles. The number of nitrogens with zero attached hydrogens (tertiary/aromatic N) is 1. The van der Waals surface area contributed by atoms with Crippen LogP contribution in [0.3, 0.4) is 0 Å². The average molecular weight is 419 g/mol. The van der Waals surface area contributed by atoms with Crippen molar-refractivity contribution in [2.75, 3.05) is 5.32 Å². The minimum atomic E-state index is -0.873. The predicted molar refractivity (Wildman–Crippen MR) is 117 cm³/mol. The molecule has 31 heavy (non-hydrogen) atoms. The second-order valence-corrected chi connectivity index (χ2v) is 6.91. The van der Waals surface area contributed by atoms with Crippen LogP contribution in [0, 0.1) is 19.7 Å². The first-order chi connectivity index (χ1) is 14.9. The molecule has 0 saturated carbocycles. The topological polar surface area (TPSA) is 79.8 Å². The first-order valence-corrected chi connectivity index (χ1v) is 9.60. The smallest absolute Gasteiger partial charge is 0.329 e. The normalized spacial score (nSPS) is 10.7. The number of hydrogen-bond donors (Lipinski definition) is 2. The monoisotopic (exact) mass is 419 g/mol. The molecule has 0 fully saturated rings. The van der Waals surface area contributed by atoms with Crippen molar-refractivity contribution in [3.05, 3.63) is 94.8 Å². The molecular weight excluding hydrogens is 397 g/mol. The molecule has 0 aliphatic rings. The Labute approximate surface area is 179 Å². The molecule has 3 aromatic carbocycles. The van der Waals surface area contributed by atoms with Crippen LogP contribution in [0.4, 0.5) is 10.1 Å². The maximum Gasteiger partial charge on any atom is 0.329 e. The third-order valence-corrected chi connectivity index (χ3v) is 4.48. The average Bonchev–Trinajstić information content (AvgIpc) is 2.76. The Bertz CT molecular complexity index is 1090. The summed E-state index contributed by atoms with van der Waals surface area (Å²) in [7, 11) is 0. The lowest BCUT2D eigenvalue weighted by Gasteiger charge is -2.10. The number of hydrogen-bond acceptors (Lipinski definition) is 4. The van der Waals surface area contributed by atoms with Crippen molar-refractivity contribution in [1.29, 1.82) is 0 Å². The van der Waals surface area contributed by atoms with Gasteiger partial charge < -0.3 is 10.1 Å². The zero-order chi connectivity index (χ0) is 22.2. The zero-order valence-corrected chi connectivity index (χ0v) is 17.2. The molecule has 0 bridgehead atoms. The number of aryl methyl sites for hydroxylation is 2. The van der Waals surface area contributed by atoms with Crippen LogP contribution < -0.4 is 15.5 Å². The van der Waals surface area contributed by atoms with Gasteiger partial charge in [-0.3, -0.25) is 9.59 Å². The quantitative estimate of drug-likeness (QED) is 0.359. The molecule has 0 unspecified atom stereocenters. The minimum Gasteiger partial charge on any atom is -0.489 e. The van der Waals surface area contributed by atoms with E-state index in [2.05, 4.69) is 15.8 Å². The number of benzene rings is 3. The van der Waals surface area contributed by atoms with Gasteiger partial charge in [-0.15, -0.1) is 0 Å². The number of carbonyl (C=O) groups excluding carboxylic acids is 2. The van der Waals surface area contributed by atoms with Crippen LogP contribution in [0.15, 0.2) is 71.8 Å². The van der Waals surface area contributed by atoms with Crippen LogP contribution in [0.5, 0.6) is 5.75 Å². The summed E-state index contributed by atoms with van der Waals surface area (Å²) in [6.45, 7) is 3.99. The van der Waals surface area contributed by atoms with Gasteiger partial charge in [0.1, 0.15) is 18.2 Å². The molecule has 0 heterocycles. The van der Waals surface area contributed by atoms with Gasteiger partial charge in [0, 0.05) is 5.69 Å². The van der Waals surface area contributed by atoms with Crippen molar-refractivity contribution in [3.63, 3.8) is 0 Å². The SMILES string of the molecule is Cc1cccc(C)c1NC(=O)C(=O)N/N=C\c1cccc(OCc2ccc(F)cc2)c1. The Morgan fingerprint density at radius 3 is 2.35 bits per heavy atom. The molecule has 6 nitrogen and oxygen atoms in total. The molecule has 0 aliphatic heterocycles. The van der Waals surface area contributed by atoms with E-state index in [1.165, 1.54) is 18.3 Å². The molecule has 0 radical (unpaired) electrons. The Morgan fingerprint density at radius 1 is 0.968 bits per heavy atom. The number of anilines is 1. The van der Waals surface area contributed by atoms with E-state index in [-0.39, 0.29) is 12.4 Å². The van der Waals surface area contributed by atoms with Gasteiger partial charge in [0.25, 0.3) is 0 Å². The van der Waals surface area contributed by atoms with E-state index in [1.807, 2.05) is 32.0 Å². The maximum absolute atomic E-state index is 13.0. The van der Waals surface area contributed by atoms with E-state index in [0.29, 0.717) is 17.0 Å². The standard InChI is InChI=1S/C24H22FN3O3/c1-16-5-3-6-17(2)22(16)27-23(29)24(30)28-26-14-19-7-4-8-21(13-19)31-15-18-9-11-20(25)12-10-18/h3-14H,15H2,1-2H3,(H,27,29)(H,28,30)/b26-14-. The molecule has 158 valence electrons. The van der Waals surface area contributed by atoms with Crippen molar-refractivity contribution in [3.8, 4) is 5.75 Å². The van der Waals surface area contributed by atoms with Gasteiger partial charge in [-0.25, -0.2) is 9.82 Å². The number of carbonyl (C=O) groups is 2. The van der Waals surface area contributed by atoms with E-state index < -0.39 is 11.8 Å². The first-order valence-electron chi connectivity index (χ1n) is 9.60. The van der Waals surface area contributed by atoms with Gasteiger partial charge in [0.2, 0.25) is 0 Å².